The molecule has 0 aliphatic carbocycles. The van der Waals surface area contributed by atoms with E-state index in [1.54, 1.807) is 31.5 Å². The van der Waals surface area contributed by atoms with E-state index in [2.05, 4.69) is 4.98 Å². The number of phenols is 1. The highest BCUT2D eigenvalue weighted by Gasteiger charge is 2.30. The summed E-state index contributed by atoms with van der Waals surface area (Å²) in [5, 5.41) is 9.69. The molecule has 1 heterocycles. The van der Waals surface area contributed by atoms with Gasteiger partial charge in [0.05, 0.1) is 0 Å². The summed E-state index contributed by atoms with van der Waals surface area (Å²) in [5.41, 5.74) is 1.49. The van der Waals surface area contributed by atoms with Crippen LogP contribution in [0.4, 0.5) is 0 Å². The molecule has 0 spiro atoms. The van der Waals surface area contributed by atoms with Crippen LogP contribution in [0.25, 0.3) is 0 Å². The third-order valence-corrected chi connectivity index (χ3v) is 7.86. The highest BCUT2D eigenvalue weighted by molar-refractivity contribution is 7.91. The van der Waals surface area contributed by atoms with Crippen LogP contribution in [-0.4, -0.2) is 44.8 Å². The molecule has 0 amide bonds. The van der Waals surface area contributed by atoms with Crippen molar-refractivity contribution < 1.29 is 26.1 Å². The molecule has 10 heteroatoms. The molecule has 3 rings (SSSR count). The number of rotatable bonds is 8. The van der Waals surface area contributed by atoms with Crippen molar-refractivity contribution in [2.45, 2.75) is 23.1 Å². The third-order valence-electron chi connectivity index (χ3n) is 4.51. The first-order valence-electron chi connectivity index (χ1n) is 9.29. The molecule has 2 aromatic carbocycles. The molecular formula is C21H22N2O6S2. The van der Waals surface area contributed by atoms with Crippen molar-refractivity contribution in [3.8, 4) is 11.5 Å². The Bertz CT molecular complexity index is 1260. The highest BCUT2D eigenvalue weighted by Crippen LogP contribution is 2.28. The highest BCUT2D eigenvalue weighted by atomic mass is 32.2. The molecular weight excluding hydrogens is 440 g/mol. The van der Waals surface area contributed by atoms with Crippen LogP contribution in [0.1, 0.15) is 11.1 Å². The second-order valence-corrected chi connectivity index (χ2v) is 10.4. The standard InChI is InChI=1S/C21H22N2O6S2/c1-16-13-18(24)15-19(14-16)29-31(27,28)21-6-4-3-5-20(21)30(25,26)23(2)12-9-17-7-10-22-11-8-17/h3-8,10-11,13-15,24H,9,12H2,1-2H3. The monoisotopic (exact) mass is 462 g/mol. The molecule has 0 saturated carbocycles. The van der Waals surface area contributed by atoms with Crippen LogP contribution in [0.15, 0.2) is 76.8 Å². The summed E-state index contributed by atoms with van der Waals surface area (Å²) < 4.78 is 58.3. The molecule has 0 bridgehead atoms. The van der Waals surface area contributed by atoms with Crippen LogP contribution in [0, 0.1) is 6.92 Å². The van der Waals surface area contributed by atoms with Crippen LogP contribution in [0.5, 0.6) is 11.5 Å². The van der Waals surface area contributed by atoms with Crippen molar-refractivity contribution >= 4 is 20.1 Å². The Balaban J connectivity index is 1.90. The normalized spacial score (nSPS) is 12.1. The number of aromatic nitrogens is 1. The first-order chi connectivity index (χ1) is 14.6. The quantitative estimate of drug-likeness (QED) is 0.512. The largest absolute Gasteiger partial charge is 0.508 e. The molecule has 3 aromatic rings. The maximum absolute atomic E-state index is 13.1. The number of aromatic hydroxyl groups is 1. The summed E-state index contributed by atoms with van der Waals surface area (Å²) in [6, 6.07) is 12.8. The third kappa shape index (κ3) is 5.40. The average molecular weight is 463 g/mol. The van der Waals surface area contributed by atoms with Crippen molar-refractivity contribution in [3.63, 3.8) is 0 Å². The smallest absolute Gasteiger partial charge is 0.340 e. The fourth-order valence-electron chi connectivity index (χ4n) is 2.94. The zero-order valence-corrected chi connectivity index (χ0v) is 18.6. The number of sulfonamides is 1. The Morgan fingerprint density at radius 2 is 1.61 bits per heavy atom. The topological polar surface area (TPSA) is 114 Å². The first-order valence-corrected chi connectivity index (χ1v) is 12.1. The van der Waals surface area contributed by atoms with Crippen molar-refractivity contribution in [1.29, 1.82) is 0 Å². The van der Waals surface area contributed by atoms with E-state index in [1.165, 1.54) is 43.4 Å². The summed E-state index contributed by atoms with van der Waals surface area (Å²) >= 11 is 0. The number of hydrogen-bond donors (Lipinski definition) is 1. The Morgan fingerprint density at radius 3 is 2.26 bits per heavy atom. The van der Waals surface area contributed by atoms with Gasteiger partial charge in [-0.25, -0.2) is 12.7 Å². The van der Waals surface area contributed by atoms with Gasteiger partial charge < -0.3 is 9.29 Å². The van der Waals surface area contributed by atoms with Gasteiger partial charge in [0.25, 0.3) is 0 Å². The van der Waals surface area contributed by atoms with E-state index in [4.69, 9.17) is 4.18 Å². The van der Waals surface area contributed by atoms with Crippen molar-refractivity contribution in [2.24, 2.45) is 0 Å². The lowest BCUT2D eigenvalue weighted by Gasteiger charge is -2.19. The Labute approximate surface area is 181 Å². The molecule has 0 radical (unpaired) electrons. The van der Waals surface area contributed by atoms with Crippen LogP contribution >= 0.6 is 0 Å². The lowest BCUT2D eigenvalue weighted by Crippen LogP contribution is -2.30. The molecule has 0 unspecified atom stereocenters. The molecule has 0 fully saturated rings. The minimum Gasteiger partial charge on any atom is -0.508 e. The number of nitrogens with zero attached hydrogens (tertiary/aromatic N) is 2. The van der Waals surface area contributed by atoms with Gasteiger partial charge in [0, 0.05) is 32.1 Å². The molecule has 31 heavy (non-hydrogen) atoms. The summed E-state index contributed by atoms with van der Waals surface area (Å²) in [4.78, 5) is 3.06. The van der Waals surface area contributed by atoms with Gasteiger partial charge in [-0.15, -0.1) is 0 Å². The van der Waals surface area contributed by atoms with Gasteiger partial charge in [-0.2, -0.15) is 8.42 Å². The molecule has 0 atom stereocenters. The van der Waals surface area contributed by atoms with E-state index in [0.29, 0.717) is 12.0 Å². The molecule has 1 N–H and O–H groups in total. The van der Waals surface area contributed by atoms with Gasteiger partial charge in [-0.1, -0.05) is 12.1 Å². The van der Waals surface area contributed by atoms with E-state index >= 15 is 0 Å². The van der Waals surface area contributed by atoms with Gasteiger partial charge in [-0.05, 0) is 60.9 Å². The van der Waals surface area contributed by atoms with E-state index in [9.17, 15) is 21.9 Å². The molecule has 0 aliphatic rings. The van der Waals surface area contributed by atoms with Crippen LogP contribution in [0.3, 0.4) is 0 Å². The fourth-order valence-corrected chi connectivity index (χ4v) is 5.80. The minimum atomic E-state index is -4.49. The van der Waals surface area contributed by atoms with Crippen LogP contribution in [0.2, 0.25) is 0 Å². The number of likely N-dealkylation sites (N-methyl/N-ethyl adjacent to an activating group) is 1. The van der Waals surface area contributed by atoms with Crippen molar-refractivity contribution in [3.05, 3.63) is 78.1 Å². The number of hydrogen-bond acceptors (Lipinski definition) is 7. The number of benzene rings is 2. The summed E-state index contributed by atoms with van der Waals surface area (Å²) in [7, 11) is -7.22. The Kier molecular flexibility index (Phi) is 6.63. The molecule has 1 aromatic heterocycles. The van der Waals surface area contributed by atoms with Gasteiger partial charge in [0.15, 0.2) is 0 Å². The van der Waals surface area contributed by atoms with Crippen LogP contribution in [-0.2, 0) is 26.6 Å². The van der Waals surface area contributed by atoms with Gasteiger partial charge in [0.2, 0.25) is 10.0 Å². The molecule has 8 nitrogen and oxygen atoms in total. The number of aryl methyl sites for hydroxylation is 1. The number of phenolic OH excluding ortho intramolecular Hbond substituents is 1. The lowest BCUT2D eigenvalue weighted by molar-refractivity contribution is 0.457. The zero-order chi connectivity index (χ0) is 22.6. The number of pyridine rings is 1. The predicted molar refractivity (Wildman–Crippen MR) is 115 cm³/mol. The van der Waals surface area contributed by atoms with Crippen molar-refractivity contribution in [2.75, 3.05) is 13.6 Å². The second kappa shape index (κ2) is 9.04. The molecule has 164 valence electrons. The second-order valence-electron chi connectivity index (χ2n) is 6.92. The van der Waals surface area contributed by atoms with Gasteiger partial charge >= 0.3 is 10.1 Å². The van der Waals surface area contributed by atoms with E-state index in [0.717, 1.165) is 15.9 Å². The van der Waals surface area contributed by atoms with E-state index < -0.39 is 25.0 Å². The lowest BCUT2D eigenvalue weighted by atomic mass is 10.2. The van der Waals surface area contributed by atoms with Gasteiger partial charge in [-0.3, -0.25) is 4.98 Å². The Hall–Kier alpha value is -2.95. The summed E-state index contributed by atoms with van der Waals surface area (Å²) in [6.45, 7) is 1.81. The Morgan fingerprint density at radius 1 is 0.968 bits per heavy atom. The summed E-state index contributed by atoms with van der Waals surface area (Å²) in [5.74, 6) is -0.280. The van der Waals surface area contributed by atoms with Crippen molar-refractivity contribution in [1.82, 2.24) is 9.29 Å². The van der Waals surface area contributed by atoms with E-state index in [1.807, 2.05) is 0 Å². The molecule has 0 saturated heterocycles. The van der Waals surface area contributed by atoms with Gasteiger partial charge in [0.1, 0.15) is 21.3 Å². The summed E-state index contributed by atoms with van der Waals surface area (Å²) in [6.07, 6.45) is 3.67. The van der Waals surface area contributed by atoms with E-state index in [-0.39, 0.29) is 22.9 Å². The predicted octanol–water partition coefficient (Wildman–Crippen LogP) is 2.73. The first kappa shape index (κ1) is 22.7. The molecule has 0 aliphatic heterocycles. The maximum atomic E-state index is 13.1. The average Bonchev–Trinajstić information content (AvgIpc) is 2.71. The minimum absolute atomic E-state index is 0.115. The fraction of sp³-hybridized carbons (Fsp3) is 0.190. The van der Waals surface area contributed by atoms with Crippen LogP contribution < -0.4 is 4.18 Å². The maximum Gasteiger partial charge on any atom is 0.340 e. The SMILES string of the molecule is Cc1cc(O)cc(OS(=O)(=O)c2ccccc2S(=O)(=O)N(C)CCc2ccncc2)c1. The zero-order valence-electron chi connectivity index (χ0n) is 17.0.